The third-order valence-electron chi connectivity index (χ3n) is 5.98. The Morgan fingerprint density at radius 3 is 2.10 bits per heavy atom. The number of fused-ring (bicyclic) bond motifs is 5. The Balaban J connectivity index is 1.20. The van der Waals surface area contributed by atoms with Crippen molar-refractivity contribution in [3.63, 3.8) is 0 Å². The molecule has 6 heteroatoms. The maximum Gasteiger partial charge on any atom is 0.244 e. The molecule has 1 aliphatic heterocycles. The fraction of sp³-hybridized carbons (Fsp3) is 0.261. The molecule has 2 fully saturated rings. The summed E-state index contributed by atoms with van der Waals surface area (Å²) in [5, 5.41) is 2.75. The van der Waals surface area contributed by atoms with Gasteiger partial charge in [-0.25, -0.2) is 0 Å². The Labute approximate surface area is 168 Å². The van der Waals surface area contributed by atoms with Gasteiger partial charge in [-0.2, -0.15) is 0 Å². The minimum atomic E-state index is -0.385. The van der Waals surface area contributed by atoms with Crippen molar-refractivity contribution >= 4 is 23.4 Å². The van der Waals surface area contributed by atoms with E-state index in [2.05, 4.69) is 5.32 Å². The van der Waals surface area contributed by atoms with Gasteiger partial charge in [0.15, 0.2) is 0 Å². The Bertz CT molecular complexity index is 969. The van der Waals surface area contributed by atoms with Crippen molar-refractivity contribution in [1.82, 2.24) is 4.90 Å². The fourth-order valence-electron chi connectivity index (χ4n) is 4.69. The Morgan fingerprint density at radius 2 is 1.48 bits per heavy atom. The van der Waals surface area contributed by atoms with Gasteiger partial charge in [0.2, 0.25) is 17.7 Å². The number of nitrogens with zero attached hydrogens (tertiary/aromatic N) is 1. The second kappa shape index (κ2) is 6.88. The molecular weight excluding hydrogens is 368 g/mol. The average molecular weight is 388 g/mol. The zero-order chi connectivity index (χ0) is 20.0. The number of anilines is 1. The van der Waals surface area contributed by atoms with E-state index in [1.165, 1.54) is 0 Å². The fourth-order valence-corrected chi connectivity index (χ4v) is 4.69. The number of carbonyl (C=O) groups is 3. The predicted molar refractivity (Wildman–Crippen MR) is 106 cm³/mol. The molecule has 146 valence electrons. The van der Waals surface area contributed by atoms with E-state index < -0.39 is 0 Å². The van der Waals surface area contributed by atoms with Crippen LogP contribution in [0.5, 0.6) is 11.5 Å². The van der Waals surface area contributed by atoms with Crippen molar-refractivity contribution in [1.29, 1.82) is 0 Å². The lowest BCUT2D eigenvalue weighted by Gasteiger charge is -2.17. The van der Waals surface area contributed by atoms with Crippen LogP contribution >= 0.6 is 0 Å². The van der Waals surface area contributed by atoms with Crippen LogP contribution in [0.15, 0.2) is 66.7 Å². The highest BCUT2D eigenvalue weighted by atomic mass is 16.5. The second-order valence-electron chi connectivity index (χ2n) is 7.75. The van der Waals surface area contributed by atoms with Crippen LogP contribution in [0, 0.1) is 23.7 Å². The summed E-state index contributed by atoms with van der Waals surface area (Å²) in [7, 11) is 0. The number of hydrogen-bond donors (Lipinski definition) is 1. The average Bonchev–Trinajstić information content (AvgIpc) is 3.40. The van der Waals surface area contributed by atoms with Crippen molar-refractivity contribution < 1.29 is 19.1 Å². The predicted octanol–water partition coefficient (Wildman–Crippen LogP) is 3.22. The largest absolute Gasteiger partial charge is 0.457 e. The van der Waals surface area contributed by atoms with Crippen molar-refractivity contribution in [2.24, 2.45) is 23.7 Å². The number of benzene rings is 2. The summed E-state index contributed by atoms with van der Waals surface area (Å²) in [6.07, 6.45) is 4.96. The Hall–Kier alpha value is -3.41. The van der Waals surface area contributed by atoms with Gasteiger partial charge in [-0.05, 0) is 54.7 Å². The van der Waals surface area contributed by atoms with Crippen LogP contribution in [-0.4, -0.2) is 29.2 Å². The van der Waals surface area contributed by atoms with E-state index in [4.69, 9.17) is 4.74 Å². The van der Waals surface area contributed by atoms with Crippen molar-refractivity contribution in [2.75, 3.05) is 11.9 Å². The van der Waals surface area contributed by atoms with Gasteiger partial charge in [0.05, 0.1) is 11.8 Å². The first-order valence-corrected chi connectivity index (χ1v) is 9.76. The van der Waals surface area contributed by atoms with Crippen LogP contribution in [0.2, 0.25) is 0 Å². The monoisotopic (exact) mass is 388 g/mol. The number of nitrogens with one attached hydrogen (secondary N) is 1. The lowest BCUT2D eigenvalue weighted by Crippen LogP contribution is -2.39. The van der Waals surface area contributed by atoms with Crippen LogP contribution in [0.4, 0.5) is 5.69 Å². The van der Waals surface area contributed by atoms with Crippen molar-refractivity contribution in [3.05, 3.63) is 66.7 Å². The molecule has 0 aromatic heterocycles. The SMILES string of the molecule is O=C(CN1C(=O)C2C3C=CC(C3)C2C1=O)Nc1ccc(Oc2ccccc2)cc1. The first-order valence-electron chi connectivity index (χ1n) is 9.76. The molecule has 0 radical (unpaired) electrons. The number of carbonyl (C=O) groups excluding carboxylic acids is 3. The number of ether oxygens (including phenoxy) is 1. The van der Waals surface area contributed by atoms with Gasteiger partial charge in [0, 0.05) is 5.69 Å². The molecule has 1 saturated carbocycles. The molecule has 3 aliphatic rings. The molecule has 0 spiro atoms. The van der Waals surface area contributed by atoms with Crippen LogP contribution in [-0.2, 0) is 14.4 Å². The molecule has 29 heavy (non-hydrogen) atoms. The highest BCUT2D eigenvalue weighted by molar-refractivity contribution is 6.09. The van der Waals surface area contributed by atoms with Crippen LogP contribution in [0.3, 0.4) is 0 Å². The Morgan fingerprint density at radius 1 is 0.897 bits per heavy atom. The van der Waals surface area contributed by atoms with E-state index in [-0.39, 0.29) is 47.9 Å². The molecule has 4 unspecified atom stereocenters. The van der Waals surface area contributed by atoms with Gasteiger partial charge in [-0.15, -0.1) is 0 Å². The number of amides is 3. The molecule has 1 heterocycles. The van der Waals surface area contributed by atoms with E-state index in [0.717, 1.165) is 17.1 Å². The minimum absolute atomic E-state index is 0.145. The lowest BCUT2D eigenvalue weighted by atomic mass is 9.85. The molecule has 2 aromatic rings. The molecule has 3 amide bonds. The molecule has 2 bridgehead atoms. The first kappa shape index (κ1) is 17.7. The lowest BCUT2D eigenvalue weighted by molar-refractivity contribution is -0.143. The molecule has 6 nitrogen and oxygen atoms in total. The zero-order valence-corrected chi connectivity index (χ0v) is 15.7. The van der Waals surface area contributed by atoms with Crippen molar-refractivity contribution in [3.8, 4) is 11.5 Å². The summed E-state index contributed by atoms with van der Waals surface area (Å²) in [4.78, 5) is 38.9. The number of imide groups is 1. The maximum atomic E-state index is 12.7. The van der Waals surface area contributed by atoms with E-state index in [0.29, 0.717) is 11.4 Å². The van der Waals surface area contributed by atoms with E-state index in [1.807, 2.05) is 42.5 Å². The standard InChI is InChI=1S/C23H20N2O4/c26-19(13-25-22(27)20-14-6-7-15(12-14)21(20)23(25)28)24-16-8-10-18(11-9-16)29-17-4-2-1-3-5-17/h1-11,14-15,20-21H,12-13H2,(H,24,26). The normalized spacial score (nSPS) is 26.7. The number of likely N-dealkylation sites (tertiary alicyclic amines) is 1. The van der Waals surface area contributed by atoms with Gasteiger partial charge >= 0.3 is 0 Å². The summed E-state index contributed by atoms with van der Waals surface area (Å²) in [6, 6.07) is 16.4. The third kappa shape index (κ3) is 3.10. The minimum Gasteiger partial charge on any atom is -0.457 e. The summed E-state index contributed by atoms with van der Waals surface area (Å²) < 4.78 is 5.73. The first-order chi connectivity index (χ1) is 14.1. The number of allylic oxidation sites excluding steroid dienone is 2. The van der Waals surface area contributed by atoms with Crippen molar-refractivity contribution in [2.45, 2.75) is 6.42 Å². The molecule has 2 aromatic carbocycles. The Kier molecular flexibility index (Phi) is 4.19. The zero-order valence-electron chi connectivity index (χ0n) is 15.7. The van der Waals surface area contributed by atoms with E-state index >= 15 is 0 Å². The van der Waals surface area contributed by atoms with Gasteiger partial charge in [0.25, 0.3) is 0 Å². The van der Waals surface area contributed by atoms with E-state index in [9.17, 15) is 14.4 Å². The number of rotatable bonds is 5. The molecule has 2 aliphatic carbocycles. The molecule has 4 atom stereocenters. The number of hydrogen-bond acceptors (Lipinski definition) is 4. The second-order valence-corrected chi connectivity index (χ2v) is 7.75. The molecule has 1 N–H and O–H groups in total. The van der Waals surface area contributed by atoms with Crippen LogP contribution in [0.25, 0.3) is 0 Å². The highest BCUT2D eigenvalue weighted by Crippen LogP contribution is 2.52. The third-order valence-corrected chi connectivity index (χ3v) is 5.98. The summed E-state index contributed by atoms with van der Waals surface area (Å²) in [5.74, 6) is 0.304. The maximum absolute atomic E-state index is 12.7. The van der Waals surface area contributed by atoms with Crippen LogP contribution < -0.4 is 10.1 Å². The topological polar surface area (TPSA) is 75.7 Å². The van der Waals surface area contributed by atoms with Crippen LogP contribution in [0.1, 0.15) is 6.42 Å². The smallest absolute Gasteiger partial charge is 0.244 e. The van der Waals surface area contributed by atoms with Gasteiger partial charge < -0.3 is 10.1 Å². The summed E-state index contributed by atoms with van der Waals surface area (Å²) in [6.45, 7) is -0.244. The van der Waals surface area contributed by atoms with Gasteiger partial charge in [0.1, 0.15) is 18.0 Å². The van der Waals surface area contributed by atoms with Gasteiger partial charge in [-0.3, -0.25) is 19.3 Å². The molecule has 1 saturated heterocycles. The molecule has 5 rings (SSSR count). The highest BCUT2D eigenvalue weighted by Gasteiger charge is 2.59. The number of para-hydroxylation sites is 1. The summed E-state index contributed by atoms with van der Waals surface area (Å²) in [5.41, 5.74) is 0.580. The summed E-state index contributed by atoms with van der Waals surface area (Å²) >= 11 is 0. The molecular formula is C23H20N2O4. The quantitative estimate of drug-likeness (QED) is 0.630. The van der Waals surface area contributed by atoms with Gasteiger partial charge in [-0.1, -0.05) is 30.4 Å². The van der Waals surface area contributed by atoms with E-state index in [1.54, 1.807) is 24.3 Å².